The summed E-state index contributed by atoms with van der Waals surface area (Å²) in [4.78, 5) is 24.2. The summed E-state index contributed by atoms with van der Waals surface area (Å²) in [5.74, 6) is -1.62. The van der Waals surface area contributed by atoms with Crippen molar-refractivity contribution in [1.82, 2.24) is 9.13 Å². The summed E-state index contributed by atoms with van der Waals surface area (Å²) in [7, 11) is 0. The second-order valence-corrected chi connectivity index (χ2v) is 6.28. The van der Waals surface area contributed by atoms with E-state index in [0.29, 0.717) is 10.1 Å². The first-order chi connectivity index (χ1) is 9.86. The normalized spacial score (nSPS) is 10.9. The van der Waals surface area contributed by atoms with Gasteiger partial charge in [0, 0.05) is 18.3 Å². The van der Waals surface area contributed by atoms with Crippen LogP contribution in [0.5, 0.6) is 0 Å². The molecule has 0 bridgehead atoms. The minimum Gasteiger partial charge on any atom is -0.300 e. The molecule has 0 aliphatic carbocycles. The second-order valence-electron chi connectivity index (χ2n) is 4.26. The van der Waals surface area contributed by atoms with Gasteiger partial charge < -0.3 is 0 Å². The lowest BCUT2D eigenvalue weighted by Crippen LogP contribution is -2.41. The van der Waals surface area contributed by atoms with Gasteiger partial charge in [-0.05, 0) is 57.6 Å². The van der Waals surface area contributed by atoms with Crippen LogP contribution >= 0.6 is 38.5 Å². The molecule has 0 fully saturated rings. The van der Waals surface area contributed by atoms with Crippen LogP contribution in [0.2, 0.25) is 0 Å². The van der Waals surface area contributed by atoms with Crippen LogP contribution in [-0.2, 0) is 13.1 Å². The maximum atomic E-state index is 14.0. The lowest BCUT2D eigenvalue weighted by Gasteiger charge is -2.11. The van der Waals surface area contributed by atoms with E-state index in [1.165, 1.54) is 16.8 Å². The van der Waals surface area contributed by atoms with Gasteiger partial charge >= 0.3 is 5.69 Å². The average Bonchev–Trinajstić information content (AvgIpc) is 2.46. The average molecular weight is 471 g/mol. The van der Waals surface area contributed by atoms with Gasteiger partial charge in [0.15, 0.2) is 0 Å². The van der Waals surface area contributed by atoms with Gasteiger partial charge in [-0.3, -0.25) is 13.9 Å². The SMILES string of the molecule is CCn1cc(I)c(=O)n(Cc2c(F)ccc(Br)c2F)c1=O. The van der Waals surface area contributed by atoms with E-state index in [0.717, 1.165) is 10.6 Å². The summed E-state index contributed by atoms with van der Waals surface area (Å²) < 4.78 is 30.3. The number of halogens is 4. The van der Waals surface area contributed by atoms with Crippen molar-refractivity contribution in [3.8, 4) is 0 Å². The van der Waals surface area contributed by atoms with Gasteiger partial charge in [-0.1, -0.05) is 0 Å². The Morgan fingerprint density at radius 2 is 1.95 bits per heavy atom. The van der Waals surface area contributed by atoms with Crippen LogP contribution in [0.4, 0.5) is 8.78 Å². The number of nitrogens with zero attached hydrogens (tertiary/aromatic N) is 2. The molecule has 0 saturated carbocycles. The number of hydrogen-bond acceptors (Lipinski definition) is 2. The fourth-order valence-electron chi connectivity index (χ4n) is 1.86. The van der Waals surface area contributed by atoms with E-state index in [1.807, 2.05) is 0 Å². The molecular formula is C13H10BrF2IN2O2. The van der Waals surface area contributed by atoms with E-state index >= 15 is 0 Å². The molecule has 1 aromatic carbocycles. The van der Waals surface area contributed by atoms with Gasteiger partial charge in [-0.2, -0.15) is 0 Å². The van der Waals surface area contributed by atoms with Crippen LogP contribution in [0.1, 0.15) is 12.5 Å². The summed E-state index contributed by atoms with van der Waals surface area (Å²) in [5.41, 5.74) is -1.49. The smallest absolute Gasteiger partial charge is 0.300 e. The maximum absolute atomic E-state index is 14.0. The molecule has 0 aliphatic heterocycles. The molecule has 4 nitrogen and oxygen atoms in total. The van der Waals surface area contributed by atoms with Crippen LogP contribution in [0.25, 0.3) is 0 Å². The van der Waals surface area contributed by atoms with Crippen molar-refractivity contribution in [3.63, 3.8) is 0 Å². The van der Waals surface area contributed by atoms with Crippen molar-refractivity contribution in [2.45, 2.75) is 20.0 Å². The maximum Gasteiger partial charge on any atom is 0.331 e. The summed E-state index contributed by atoms with van der Waals surface area (Å²) in [6, 6.07) is 2.32. The van der Waals surface area contributed by atoms with Gasteiger partial charge in [0.2, 0.25) is 0 Å². The van der Waals surface area contributed by atoms with Gasteiger partial charge in [0.05, 0.1) is 14.6 Å². The highest BCUT2D eigenvalue weighted by Gasteiger charge is 2.16. The molecular weight excluding hydrogens is 461 g/mol. The molecule has 0 N–H and O–H groups in total. The third-order valence-corrected chi connectivity index (χ3v) is 4.34. The predicted octanol–water partition coefficient (Wildman–Crippen LogP) is 2.72. The Labute approximate surface area is 140 Å². The summed E-state index contributed by atoms with van der Waals surface area (Å²) >= 11 is 4.75. The zero-order valence-corrected chi connectivity index (χ0v) is 14.6. The summed E-state index contributed by atoms with van der Waals surface area (Å²) in [6.07, 6.45) is 1.43. The molecule has 21 heavy (non-hydrogen) atoms. The molecule has 0 spiro atoms. The number of benzene rings is 1. The van der Waals surface area contributed by atoms with Crippen molar-refractivity contribution < 1.29 is 8.78 Å². The first-order valence-corrected chi connectivity index (χ1v) is 7.86. The highest BCUT2D eigenvalue weighted by atomic mass is 127. The van der Waals surface area contributed by atoms with Crippen molar-refractivity contribution in [1.29, 1.82) is 0 Å². The Hall–Kier alpha value is -1.03. The third-order valence-electron chi connectivity index (χ3n) is 2.99. The Kier molecular flexibility index (Phi) is 4.97. The van der Waals surface area contributed by atoms with Gasteiger partial charge in [0.25, 0.3) is 5.56 Å². The highest BCUT2D eigenvalue weighted by molar-refractivity contribution is 14.1. The Bertz CT molecular complexity index is 817. The number of aromatic nitrogens is 2. The standard InChI is InChI=1S/C13H10BrF2IN2O2/c1-2-18-6-10(17)12(20)19(13(18)21)5-7-9(15)4-3-8(14)11(7)16/h3-4,6H,2,5H2,1H3. The zero-order chi connectivity index (χ0) is 15.7. The van der Waals surface area contributed by atoms with Crippen LogP contribution in [0.3, 0.4) is 0 Å². The summed E-state index contributed by atoms with van der Waals surface area (Å²) in [5, 5.41) is 0. The van der Waals surface area contributed by atoms with Crippen molar-refractivity contribution in [3.05, 3.63) is 64.4 Å². The van der Waals surface area contributed by atoms with Crippen molar-refractivity contribution >= 4 is 38.5 Å². The minimum atomic E-state index is -0.816. The van der Waals surface area contributed by atoms with E-state index in [2.05, 4.69) is 15.9 Å². The fraction of sp³-hybridized carbons (Fsp3) is 0.231. The molecule has 0 amide bonds. The molecule has 0 aliphatic rings. The van der Waals surface area contributed by atoms with Crippen LogP contribution in [0.15, 0.2) is 32.4 Å². The largest absolute Gasteiger partial charge is 0.331 e. The Balaban J connectivity index is 2.66. The third kappa shape index (κ3) is 3.10. The predicted molar refractivity (Wildman–Crippen MR) is 86.5 cm³/mol. The first-order valence-electron chi connectivity index (χ1n) is 5.99. The Morgan fingerprint density at radius 3 is 2.57 bits per heavy atom. The number of rotatable bonds is 3. The zero-order valence-electron chi connectivity index (χ0n) is 10.9. The summed E-state index contributed by atoms with van der Waals surface area (Å²) in [6.45, 7) is 1.65. The topological polar surface area (TPSA) is 44.0 Å². The lowest BCUT2D eigenvalue weighted by atomic mass is 10.2. The van der Waals surface area contributed by atoms with Gasteiger partial charge in [-0.25, -0.2) is 13.6 Å². The molecule has 1 heterocycles. The minimum absolute atomic E-state index is 0.0772. The molecule has 0 radical (unpaired) electrons. The van der Waals surface area contributed by atoms with Crippen LogP contribution in [-0.4, -0.2) is 9.13 Å². The first kappa shape index (κ1) is 16.3. The van der Waals surface area contributed by atoms with E-state index in [-0.39, 0.29) is 10.0 Å². The Morgan fingerprint density at radius 1 is 1.29 bits per heavy atom. The molecule has 0 atom stereocenters. The van der Waals surface area contributed by atoms with Crippen LogP contribution < -0.4 is 11.2 Å². The molecule has 112 valence electrons. The highest BCUT2D eigenvalue weighted by Crippen LogP contribution is 2.21. The fourth-order valence-corrected chi connectivity index (χ4v) is 2.86. The van der Waals surface area contributed by atoms with E-state index in [1.54, 1.807) is 29.5 Å². The van der Waals surface area contributed by atoms with Crippen molar-refractivity contribution in [2.75, 3.05) is 0 Å². The molecule has 0 unspecified atom stereocenters. The lowest BCUT2D eigenvalue weighted by molar-refractivity contribution is 0.520. The molecule has 8 heteroatoms. The monoisotopic (exact) mass is 470 g/mol. The van der Waals surface area contributed by atoms with Crippen molar-refractivity contribution in [2.24, 2.45) is 0 Å². The molecule has 0 saturated heterocycles. The van der Waals surface area contributed by atoms with E-state index in [9.17, 15) is 18.4 Å². The van der Waals surface area contributed by atoms with Crippen LogP contribution in [0, 0.1) is 15.2 Å². The van der Waals surface area contributed by atoms with E-state index < -0.39 is 29.4 Å². The van der Waals surface area contributed by atoms with E-state index in [4.69, 9.17) is 0 Å². The molecule has 2 rings (SSSR count). The second kappa shape index (κ2) is 6.39. The molecule has 2 aromatic rings. The molecule has 1 aromatic heterocycles. The number of aryl methyl sites for hydroxylation is 1. The van der Waals surface area contributed by atoms with Gasteiger partial charge in [-0.15, -0.1) is 0 Å². The van der Waals surface area contributed by atoms with Gasteiger partial charge in [0.1, 0.15) is 11.6 Å². The number of hydrogen-bond donors (Lipinski definition) is 0. The quantitative estimate of drug-likeness (QED) is 0.511.